The number of Topliss-reactive ketones (excluding diaryl/α,β-unsaturated/α-hetero) is 1. The molecule has 0 amide bonds. The van der Waals surface area contributed by atoms with Crippen molar-refractivity contribution in [1.29, 1.82) is 0 Å². The second-order valence-corrected chi connectivity index (χ2v) is 11.8. The Morgan fingerprint density at radius 1 is 0.875 bits per heavy atom. The van der Waals surface area contributed by atoms with Crippen molar-refractivity contribution in [3.63, 3.8) is 0 Å². The molecule has 4 saturated carbocycles. The van der Waals surface area contributed by atoms with E-state index in [0.717, 1.165) is 49.0 Å². The van der Waals surface area contributed by atoms with Gasteiger partial charge in [0.25, 0.3) is 0 Å². The smallest absolute Gasteiger partial charge is 0.166 e. The first-order valence-electron chi connectivity index (χ1n) is 12.8. The molecule has 1 aromatic carbocycles. The zero-order chi connectivity index (χ0) is 22.7. The number of ether oxygens (including phenoxy) is 2. The molecule has 5 rings (SSSR count). The minimum atomic E-state index is -0.458. The minimum absolute atomic E-state index is 0.0927. The van der Waals surface area contributed by atoms with Crippen LogP contribution >= 0.6 is 0 Å². The molecule has 0 radical (unpaired) electrons. The van der Waals surface area contributed by atoms with Gasteiger partial charge in [0.2, 0.25) is 0 Å². The van der Waals surface area contributed by atoms with E-state index in [2.05, 4.69) is 6.92 Å². The van der Waals surface area contributed by atoms with Crippen molar-refractivity contribution in [2.75, 3.05) is 14.2 Å². The fourth-order valence-electron chi connectivity index (χ4n) is 8.66. The maximum atomic E-state index is 13.8. The quantitative estimate of drug-likeness (QED) is 0.592. The van der Waals surface area contributed by atoms with Gasteiger partial charge in [-0.3, -0.25) is 4.79 Å². The zero-order valence-corrected chi connectivity index (χ0v) is 20.2. The van der Waals surface area contributed by atoms with E-state index in [0.29, 0.717) is 23.3 Å². The highest BCUT2D eigenvalue weighted by Crippen LogP contribution is 2.65. The molecule has 8 atom stereocenters. The van der Waals surface area contributed by atoms with Crippen molar-refractivity contribution in [3.8, 4) is 11.5 Å². The first-order valence-corrected chi connectivity index (χ1v) is 12.8. The fourth-order valence-corrected chi connectivity index (χ4v) is 8.66. The summed E-state index contributed by atoms with van der Waals surface area (Å²) in [5.74, 6) is 5.44. The summed E-state index contributed by atoms with van der Waals surface area (Å²) in [6.45, 7) is 4.45. The molecule has 176 valence electrons. The van der Waals surface area contributed by atoms with Crippen molar-refractivity contribution >= 4 is 5.78 Å². The van der Waals surface area contributed by atoms with E-state index >= 15 is 0 Å². The molecular formula is C28H40O4. The normalized spacial score (nSPS) is 43.0. The summed E-state index contributed by atoms with van der Waals surface area (Å²) < 4.78 is 10.9. The van der Waals surface area contributed by atoms with Gasteiger partial charge in [-0.1, -0.05) is 6.92 Å². The highest BCUT2D eigenvalue weighted by atomic mass is 16.5. The summed E-state index contributed by atoms with van der Waals surface area (Å²) in [5.41, 5.74) is 0.370. The lowest BCUT2D eigenvalue weighted by molar-refractivity contribution is -0.0976. The van der Waals surface area contributed by atoms with Gasteiger partial charge in [0.1, 0.15) is 11.5 Å². The van der Waals surface area contributed by atoms with Gasteiger partial charge < -0.3 is 14.6 Å². The first kappa shape index (κ1) is 22.3. The van der Waals surface area contributed by atoms with Crippen LogP contribution in [0, 0.1) is 40.9 Å². The van der Waals surface area contributed by atoms with Crippen LogP contribution in [0.25, 0.3) is 0 Å². The Morgan fingerprint density at radius 3 is 2.25 bits per heavy atom. The van der Waals surface area contributed by atoms with E-state index in [-0.39, 0.29) is 17.1 Å². The van der Waals surface area contributed by atoms with Gasteiger partial charge in [-0.15, -0.1) is 0 Å². The Bertz CT molecular complexity index is 854. The predicted octanol–water partition coefficient (Wildman–Crippen LogP) is 5.91. The molecule has 0 spiro atoms. The molecule has 4 fully saturated rings. The molecule has 1 N–H and O–H groups in total. The number of hydrogen-bond donors (Lipinski definition) is 1. The largest absolute Gasteiger partial charge is 0.497 e. The Kier molecular flexibility index (Phi) is 5.59. The Labute approximate surface area is 193 Å². The third kappa shape index (κ3) is 3.57. The molecule has 0 aliphatic heterocycles. The number of carbonyl (C=O) groups excluding carboxylic acids is 1. The van der Waals surface area contributed by atoms with Crippen LogP contribution in [0.4, 0.5) is 0 Å². The Balaban J connectivity index is 1.37. The third-order valence-corrected chi connectivity index (χ3v) is 10.2. The lowest BCUT2D eigenvalue weighted by atomic mass is 9.49. The molecule has 0 saturated heterocycles. The van der Waals surface area contributed by atoms with Crippen molar-refractivity contribution in [2.24, 2.45) is 40.9 Å². The van der Waals surface area contributed by atoms with E-state index in [4.69, 9.17) is 9.47 Å². The molecule has 0 bridgehead atoms. The van der Waals surface area contributed by atoms with Crippen LogP contribution in [0.2, 0.25) is 0 Å². The van der Waals surface area contributed by atoms with Gasteiger partial charge in [-0.2, -0.15) is 0 Å². The molecule has 4 aliphatic carbocycles. The summed E-state index contributed by atoms with van der Waals surface area (Å²) in [7, 11) is 3.27. The average molecular weight is 441 g/mol. The van der Waals surface area contributed by atoms with Gasteiger partial charge in [-0.25, -0.2) is 0 Å². The second kappa shape index (κ2) is 8.04. The lowest BCUT2D eigenvalue weighted by Gasteiger charge is -2.56. The molecule has 0 heterocycles. The van der Waals surface area contributed by atoms with Crippen LogP contribution in [-0.2, 0) is 0 Å². The summed E-state index contributed by atoms with van der Waals surface area (Å²) in [5, 5.41) is 10.6. The molecule has 1 aromatic rings. The van der Waals surface area contributed by atoms with Crippen molar-refractivity contribution in [2.45, 2.75) is 77.2 Å². The number of hydrogen-bond acceptors (Lipinski definition) is 4. The van der Waals surface area contributed by atoms with E-state index < -0.39 is 5.60 Å². The molecule has 32 heavy (non-hydrogen) atoms. The van der Waals surface area contributed by atoms with E-state index in [9.17, 15) is 9.90 Å². The molecule has 4 aliphatic rings. The van der Waals surface area contributed by atoms with Crippen LogP contribution in [0.15, 0.2) is 18.2 Å². The van der Waals surface area contributed by atoms with Crippen molar-refractivity contribution in [1.82, 2.24) is 0 Å². The van der Waals surface area contributed by atoms with E-state index in [1.165, 1.54) is 32.1 Å². The molecule has 4 heteroatoms. The number of carbonyl (C=O) groups is 1. The first-order chi connectivity index (χ1) is 15.3. The summed E-state index contributed by atoms with van der Waals surface area (Å²) in [6, 6.07) is 5.60. The average Bonchev–Trinajstić information content (AvgIpc) is 3.14. The number of methoxy groups -OCH3 is 2. The van der Waals surface area contributed by atoms with Crippen molar-refractivity contribution in [3.05, 3.63) is 23.8 Å². The number of aliphatic hydroxyl groups is 1. The monoisotopic (exact) mass is 440 g/mol. The number of benzene rings is 1. The van der Waals surface area contributed by atoms with Crippen molar-refractivity contribution < 1.29 is 19.4 Å². The van der Waals surface area contributed by atoms with E-state index in [1.807, 2.05) is 25.1 Å². The Hall–Kier alpha value is -1.55. The summed E-state index contributed by atoms with van der Waals surface area (Å²) in [6.07, 6.45) is 10.3. The van der Waals surface area contributed by atoms with Gasteiger partial charge in [-0.05, 0) is 112 Å². The number of rotatable bonds is 4. The number of fused-ring (bicyclic) bond motifs is 5. The van der Waals surface area contributed by atoms with Gasteiger partial charge in [0.15, 0.2) is 5.78 Å². The van der Waals surface area contributed by atoms with Crippen LogP contribution in [0.1, 0.15) is 82.0 Å². The molecule has 4 nitrogen and oxygen atoms in total. The third-order valence-electron chi connectivity index (χ3n) is 10.2. The molecule has 0 aromatic heterocycles. The highest BCUT2D eigenvalue weighted by Gasteiger charge is 2.58. The topological polar surface area (TPSA) is 55.8 Å². The standard InChI is InChI=1S/C28H40O4/c1-27(30)11-9-21-17(16-27)5-6-23-22(21)10-12-28(2)24(23)7-8-25(28)26(29)18-13-19(31-3)15-20(14-18)32-4/h13-15,17,21-25,30H,5-12,16H2,1-4H3/t17-,21+,22-,23-,24+,25-,27-,28+/m1/s1. The fraction of sp³-hybridized carbons (Fsp3) is 0.750. The molecular weight excluding hydrogens is 400 g/mol. The van der Waals surface area contributed by atoms with Crippen LogP contribution in [-0.4, -0.2) is 30.7 Å². The summed E-state index contributed by atoms with van der Waals surface area (Å²) >= 11 is 0. The van der Waals surface area contributed by atoms with Gasteiger partial charge in [0, 0.05) is 17.5 Å². The summed E-state index contributed by atoms with van der Waals surface area (Å²) in [4.78, 5) is 13.8. The Morgan fingerprint density at radius 2 is 1.56 bits per heavy atom. The van der Waals surface area contributed by atoms with Crippen LogP contribution in [0.3, 0.4) is 0 Å². The number of ketones is 1. The van der Waals surface area contributed by atoms with Crippen LogP contribution in [0.5, 0.6) is 11.5 Å². The van der Waals surface area contributed by atoms with Gasteiger partial charge >= 0.3 is 0 Å². The maximum Gasteiger partial charge on any atom is 0.166 e. The van der Waals surface area contributed by atoms with Gasteiger partial charge in [0.05, 0.1) is 19.8 Å². The lowest BCUT2D eigenvalue weighted by Crippen LogP contribution is -2.51. The van der Waals surface area contributed by atoms with Crippen LogP contribution < -0.4 is 9.47 Å². The second-order valence-electron chi connectivity index (χ2n) is 11.8. The zero-order valence-electron chi connectivity index (χ0n) is 20.2. The highest BCUT2D eigenvalue weighted by molar-refractivity contribution is 5.99. The molecule has 0 unspecified atom stereocenters. The predicted molar refractivity (Wildman–Crippen MR) is 125 cm³/mol. The SMILES string of the molecule is COc1cc(OC)cc(C(=O)[C@H]2CC[C@H]3[C@@H]4CC[C@@H]5C[C@](C)(O)CC[C@@H]5[C@H]4CC[C@]23C)c1. The maximum absolute atomic E-state index is 13.8. The van der Waals surface area contributed by atoms with E-state index in [1.54, 1.807) is 14.2 Å². The minimum Gasteiger partial charge on any atom is -0.497 e.